The summed E-state index contributed by atoms with van der Waals surface area (Å²) in [6.45, 7) is 1.90. The monoisotopic (exact) mass is 400 g/mol. The lowest BCUT2D eigenvalue weighted by molar-refractivity contribution is -0.143. The van der Waals surface area contributed by atoms with Gasteiger partial charge in [-0.15, -0.1) is 0 Å². The number of carbonyl (C=O) groups excluding carboxylic acids is 2. The molecule has 2 aromatic carbocycles. The molecule has 6 heteroatoms. The van der Waals surface area contributed by atoms with Gasteiger partial charge in [-0.2, -0.15) is 5.26 Å². The van der Waals surface area contributed by atoms with E-state index in [-0.39, 0.29) is 30.7 Å². The molecule has 0 amide bonds. The Balaban J connectivity index is 1.97. The fourth-order valence-electron chi connectivity index (χ4n) is 3.02. The molecule has 3 rings (SSSR count). The molecule has 1 heterocycles. The normalized spacial score (nSPS) is 10.3. The van der Waals surface area contributed by atoms with E-state index in [1.54, 1.807) is 6.92 Å². The third-order valence-electron chi connectivity index (χ3n) is 4.50. The van der Waals surface area contributed by atoms with Crippen molar-refractivity contribution in [1.82, 2.24) is 4.98 Å². The standard InChI is InChI=1S/C24H20N2O4/c1-2-30-22(28)12-11-21(27)23-24(29)19(15-25)14-20(26-23)18-10-6-9-17(13-18)16-7-4-3-5-8-16/h3-10,13-14,29H,2,11-12H2,1H3. The lowest BCUT2D eigenvalue weighted by atomic mass is 10.00. The maximum Gasteiger partial charge on any atom is 0.306 e. The van der Waals surface area contributed by atoms with Crippen molar-refractivity contribution in [3.05, 3.63) is 71.9 Å². The summed E-state index contributed by atoms with van der Waals surface area (Å²) in [5, 5.41) is 19.7. The molecule has 0 fully saturated rings. The third kappa shape index (κ3) is 4.70. The molecule has 1 aromatic heterocycles. The van der Waals surface area contributed by atoms with Crippen LogP contribution in [-0.2, 0) is 9.53 Å². The van der Waals surface area contributed by atoms with Gasteiger partial charge in [0.25, 0.3) is 0 Å². The molecule has 30 heavy (non-hydrogen) atoms. The van der Waals surface area contributed by atoms with Gasteiger partial charge in [-0.25, -0.2) is 4.98 Å². The quantitative estimate of drug-likeness (QED) is 0.462. The number of nitrogens with zero attached hydrogens (tertiary/aromatic N) is 2. The Morgan fingerprint density at radius 3 is 2.40 bits per heavy atom. The van der Waals surface area contributed by atoms with Gasteiger partial charge in [-0.3, -0.25) is 9.59 Å². The highest BCUT2D eigenvalue weighted by Gasteiger charge is 2.20. The van der Waals surface area contributed by atoms with Gasteiger partial charge >= 0.3 is 5.97 Å². The maximum atomic E-state index is 12.6. The van der Waals surface area contributed by atoms with Crippen molar-refractivity contribution in [2.45, 2.75) is 19.8 Å². The molecule has 0 unspecified atom stereocenters. The average Bonchev–Trinajstić information content (AvgIpc) is 2.78. The van der Waals surface area contributed by atoms with Crippen molar-refractivity contribution in [2.75, 3.05) is 6.61 Å². The molecule has 0 aliphatic carbocycles. The third-order valence-corrected chi connectivity index (χ3v) is 4.50. The number of pyridine rings is 1. The van der Waals surface area contributed by atoms with Gasteiger partial charge in [0.05, 0.1) is 24.3 Å². The zero-order chi connectivity index (χ0) is 21.5. The van der Waals surface area contributed by atoms with E-state index in [9.17, 15) is 20.0 Å². The van der Waals surface area contributed by atoms with Gasteiger partial charge in [0.15, 0.2) is 11.5 Å². The van der Waals surface area contributed by atoms with Gasteiger partial charge in [-0.05, 0) is 30.2 Å². The summed E-state index contributed by atoms with van der Waals surface area (Å²) in [7, 11) is 0. The smallest absolute Gasteiger partial charge is 0.306 e. The number of benzene rings is 2. The zero-order valence-corrected chi connectivity index (χ0v) is 16.5. The minimum Gasteiger partial charge on any atom is -0.504 e. The highest BCUT2D eigenvalue weighted by Crippen LogP contribution is 2.30. The second-order valence-corrected chi connectivity index (χ2v) is 6.54. The molecule has 0 saturated carbocycles. The summed E-state index contributed by atoms with van der Waals surface area (Å²) >= 11 is 0. The first kappa shape index (κ1) is 20.7. The Morgan fingerprint density at radius 1 is 1.00 bits per heavy atom. The molecule has 150 valence electrons. The molecular formula is C24H20N2O4. The summed E-state index contributed by atoms with van der Waals surface area (Å²) in [5.74, 6) is -1.51. The van der Waals surface area contributed by atoms with Crippen LogP contribution in [0.5, 0.6) is 5.75 Å². The molecule has 0 aliphatic heterocycles. The van der Waals surface area contributed by atoms with E-state index in [1.165, 1.54) is 6.07 Å². The number of Topliss-reactive ketones (excluding diaryl/α,β-unsaturated/α-hetero) is 1. The lowest BCUT2D eigenvalue weighted by Crippen LogP contribution is -2.10. The molecule has 0 saturated heterocycles. The van der Waals surface area contributed by atoms with Crippen molar-refractivity contribution >= 4 is 11.8 Å². The molecule has 3 aromatic rings. The summed E-state index contributed by atoms with van der Waals surface area (Å²) in [6, 6.07) is 20.7. The Bertz CT molecular complexity index is 1120. The van der Waals surface area contributed by atoms with Crippen molar-refractivity contribution < 1.29 is 19.4 Å². The van der Waals surface area contributed by atoms with E-state index in [4.69, 9.17) is 4.74 Å². The number of carbonyl (C=O) groups is 2. The van der Waals surface area contributed by atoms with E-state index >= 15 is 0 Å². The highest BCUT2D eigenvalue weighted by molar-refractivity contribution is 5.99. The van der Waals surface area contributed by atoms with Crippen LogP contribution in [0.3, 0.4) is 0 Å². The van der Waals surface area contributed by atoms with Crippen LogP contribution in [-0.4, -0.2) is 28.4 Å². The van der Waals surface area contributed by atoms with Crippen LogP contribution < -0.4 is 0 Å². The van der Waals surface area contributed by atoms with Crippen LogP contribution in [0.15, 0.2) is 60.7 Å². The summed E-state index contributed by atoms with van der Waals surface area (Å²) < 4.78 is 4.83. The van der Waals surface area contributed by atoms with E-state index < -0.39 is 17.5 Å². The first-order valence-electron chi connectivity index (χ1n) is 9.52. The topological polar surface area (TPSA) is 100 Å². The molecule has 0 radical (unpaired) electrons. The summed E-state index contributed by atoms with van der Waals surface area (Å²) in [6.07, 6.45) is -0.291. The van der Waals surface area contributed by atoms with Crippen molar-refractivity contribution in [3.8, 4) is 34.2 Å². The number of nitriles is 1. The van der Waals surface area contributed by atoms with Crippen molar-refractivity contribution in [3.63, 3.8) is 0 Å². The molecule has 6 nitrogen and oxygen atoms in total. The minimum absolute atomic E-state index is 0.0513. The SMILES string of the molecule is CCOC(=O)CCC(=O)c1nc(-c2cccc(-c3ccccc3)c2)cc(C#N)c1O. The average molecular weight is 400 g/mol. The molecular weight excluding hydrogens is 380 g/mol. The maximum absolute atomic E-state index is 12.6. The van der Waals surface area contributed by atoms with Crippen LogP contribution >= 0.6 is 0 Å². The first-order valence-corrected chi connectivity index (χ1v) is 9.52. The Morgan fingerprint density at radius 2 is 1.70 bits per heavy atom. The van der Waals surface area contributed by atoms with Crippen molar-refractivity contribution in [2.24, 2.45) is 0 Å². The molecule has 1 N–H and O–H groups in total. The van der Waals surface area contributed by atoms with E-state index in [0.29, 0.717) is 11.3 Å². The summed E-state index contributed by atoms with van der Waals surface area (Å²) in [5.41, 5.74) is 2.79. The van der Waals surface area contributed by atoms with Gasteiger partial charge in [-0.1, -0.05) is 48.5 Å². The zero-order valence-electron chi connectivity index (χ0n) is 16.5. The Kier molecular flexibility index (Phi) is 6.56. The van der Waals surface area contributed by atoms with Crippen LogP contribution in [0.4, 0.5) is 0 Å². The predicted molar refractivity (Wildman–Crippen MR) is 112 cm³/mol. The minimum atomic E-state index is -0.530. The highest BCUT2D eigenvalue weighted by atomic mass is 16.5. The van der Waals surface area contributed by atoms with Crippen LogP contribution in [0.2, 0.25) is 0 Å². The van der Waals surface area contributed by atoms with E-state index in [1.807, 2.05) is 60.7 Å². The first-order chi connectivity index (χ1) is 14.5. The molecule has 0 bridgehead atoms. The van der Waals surface area contributed by atoms with Crippen LogP contribution in [0.1, 0.15) is 35.8 Å². The van der Waals surface area contributed by atoms with Gasteiger partial charge in [0.2, 0.25) is 0 Å². The van der Waals surface area contributed by atoms with Gasteiger partial charge in [0.1, 0.15) is 11.8 Å². The summed E-state index contributed by atoms with van der Waals surface area (Å²) in [4.78, 5) is 28.4. The largest absolute Gasteiger partial charge is 0.504 e. The number of hydrogen-bond donors (Lipinski definition) is 1. The number of aromatic hydroxyl groups is 1. The number of ether oxygens (including phenoxy) is 1. The van der Waals surface area contributed by atoms with Crippen LogP contribution in [0, 0.1) is 11.3 Å². The van der Waals surface area contributed by atoms with Gasteiger partial charge in [0, 0.05) is 12.0 Å². The Labute approximate surface area is 174 Å². The number of hydrogen-bond acceptors (Lipinski definition) is 6. The number of aromatic nitrogens is 1. The van der Waals surface area contributed by atoms with E-state index in [2.05, 4.69) is 4.98 Å². The van der Waals surface area contributed by atoms with Gasteiger partial charge < -0.3 is 9.84 Å². The Hall–Kier alpha value is -3.98. The number of rotatable bonds is 7. The van der Waals surface area contributed by atoms with Crippen molar-refractivity contribution in [1.29, 1.82) is 5.26 Å². The fourth-order valence-corrected chi connectivity index (χ4v) is 3.02. The van der Waals surface area contributed by atoms with E-state index in [0.717, 1.165) is 11.1 Å². The van der Waals surface area contributed by atoms with Crippen LogP contribution in [0.25, 0.3) is 22.4 Å². The second-order valence-electron chi connectivity index (χ2n) is 6.54. The predicted octanol–water partition coefficient (Wildman–Crippen LogP) is 4.52. The fraction of sp³-hybridized carbons (Fsp3) is 0.167. The molecule has 0 spiro atoms. The second kappa shape index (κ2) is 9.48. The molecule has 0 aliphatic rings. The number of esters is 1. The number of ketones is 1. The molecule has 0 atom stereocenters. The lowest BCUT2D eigenvalue weighted by Gasteiger charge is -2.10.